The summed E-state index contributed by atoms with van der Waals surface area (Å²) in [7, 11) is -2.35. The molecule has 2 unspecified atom stereocenters. The molecule has 0 aliphatic carbocycles. The largest absolute Gasteiger partial charge is 0.293 e. The van der Waals surface area contributed by atoms with Crippen LogP contribution in [-0.2, 0) is 17.4 Å². The Morgan fingerprint density at radius 1 is 0.885 bits per heavy atom. The molecule has 0 N–H and O–H groups in total. The Balaban J connectivity index is 2.40. The first kappa shape index (κ1) is 20.2. The summed E-state index contributed by atoms with van der Waals surface area (Å²) < 4.78 is 12.9. The number of hydrogen-bond acceptors (Lipinski definition) is 3. The van der Waals surface area contributed by atoms with E-state index >= 15 is 0 Å². The Kier molecular flexibility index (Phi) is 6.61. The molecule has 0 amide bonds. The van der Waals surface area contributed by atoms with Crippen molar-refractivity contribution >= 4 is 19.1 Å². The number of hydrogen-bond donors (Lipinski definition) is 0. The van der Waals surface area contributed by atoms with Crippen LogP contribution in [0.4, 0.5) is 0 Å². The fourth-order valence-corrected chi connectivity index (χ4v) is 4.58. The van der Waals surface area contributed by atoms with Crippen LogP contribution in [0.3, 0.4) is 0 Å². The molecule has 2 atom stereocenters. The van der Waals surface area contributed by atoms with Gasteiger partial charge < -0.3 is 0 Å². The molecule has 0 saturated carbocycles. The molecule has 3 nitrogen and oxygen atoms in total. The van der Waals surface area contributed by atoms with Crippen LogP contribution in [0.1, 0.15) is 63.7 Å². The lowest BCUT2D eigenvalue weighted by Gasteiger charge is -2.16. The van der Waals surface area contributed by atoms with Gasteiger partial charge in [-0.2, -0.15) is 0 Å². The first-order valence-electron chi connectivity index (χ1n) is 9.05. The Morgan fingerprint density at radius 2 is 1.35 bits per heavy atom. The van der Waals surface area contributed by atoms with Gasteiger partial charge in [-0.05, 0) is 55.9 Å². The van der Waals surface area contributed by atoms with E-state index < -0.39 is 19.0 Å². The van der Waals surface area contributed by atoms with Crippen molar-refractivity contribution in [3.05, 3.63) is 69.8 Å². The van der Waals surface area contributed by atoms with Crippen molar-refractivity contribution < 1.29 is 14.2 Å². The maximum atomic E-state index is 13.1. The van der Waals surface area contributed by atoms with Gasteiger partial charge in [-0.15, -0.1) is 0 Å². The summed E-state index contributed by atoms with van der Waals surface area (Å²) in [5.41, 5.74) is 3.34. The highest BCUT2D eigenvalue weighted by molar-refractivity contribution is 7.66. The van der Waals surface area contributed by atoms with Crippen LogP contribution in [-0.4, -0.2) is 17.0 Å². The van der Waals surface area contributed by atoms with Crippen LogP contribution < -0.4 is 0 Å². The van der Waals surface area contributed by atoms with Crippen LogP contribution in [0.15, 0.2) is 36.4 Å². The van der Waals surface area contributed by atoms with Gasteiger partial charge >= 0.3 is 0 Å². The number of Topliss-reactive ketones (excluding diaryl/α,β-unsaturated/α-hetero) is 1. The van der Waals surface area contributed by atoms with Gasteiger partial charge in [-0.1, -0.05) is 50.2 Å². The second-order valence-electron chi connectivity index (χ2n) is 6.60. The predicted octanol–water partition coefficient (Wildman–Crippen LogP) is 5.67. The summed E-state index contributed by atoms with van der Waals surface area (Å²) in [6.07, 6.45) is 1.45. The zero-order valence-corrected chi connectivity index (χ0v) is 17.0. The fourth-order valence-electron chi connectivity index (χ4n) is 3.31. The van der Waals surface area contributed by atoms with Crippen molar-refractivity contribution in [2.45, 2.75) is 53.1 Å². The molecule has 0 fully saturated rings. The minimum Gasteiger partial charge on any atom is -0.293 e. The third-order valence-electron chi connectivity index (χ3n) is 4.87. The highest BCUT2D eigenvalue weighted by atomic mass is 31.1. The lowest BCUT2D eigenvalue weighted by Crippen LogP contribution is -2.20. The zero-order chi connectivity index (χ0) is 19.4. The minimum absolute atomic E-state index is 0.194. The van der Waals surface area contributed by atoms with E-state index in [9.17, 15) is 14.2 Å². The molecule has 0 heterocycles. The molecular weight excluding hydrogens is 343 g/mol. The van der Waals surface area contributed by atoms with Crippen molar-refractivity contribution in [1.82, 2.24) is 0 Å². The molecule has 0 aliphatic rings. The van der Waals surface area contributed by atoms with Gasteiger partial charge in [0, 0.05) is 11.1 Å². The van der Waals surface area contributed by atoms with Crippen LogP contribution in [0.25, 0.3) is 0 Å². The maximum absolute atomic E-state index is 13.1. The number of carbonyl (C=O) groups excluding carboxylic acids is 2. The summed E-state index contributed by atoms with van der Waals surface area (Å²) in [6.45, 7) is 9.27. The molecule has 4 heteroatoms. The molecule has 2 aromatic rings. The number of rotatable bonds is 7. The van der Waals surface area contributed by atoms with Crippen molar-refractivity contribution in [1.29, 1.82) is 0 Å². The molecule has 137 valence electrons. The monoisotopic (exact) mass is 369 g/mol. The van der Waals surface area contributed by atoms with Gasteiger partial charge in [-0.25, -0.2) is 0 Å². The molecule has 0 saturated heterocycles. The average Bonchev–Trinajstić information content (AvgIpc) is 2.65. The molecule has 2 aromatic carbocycles. The summed E-state index contributed by atoms with van der Waals surface area (Å²) in [6, 6.07) is 11.3. The smallest absolute Gasteiger partial charge is 0.243 e. The lowest BCUT2D eigenvalue weighted by molar-refractivity contribution is 0.0981. The Morgan fingerprint density at radius 3 is 1.81 bits per heavy atom. The molecule has 0 spiro atoms. The second-order valence-corrected chi connectivity index (χ2v) is 8.43. The van der Waals surface area contributed by atoms with Crippen LogP contribution in [0, 0.1) is 13.8 Å². The molecule has 0 aliphatic heterocycles. The quantitative estimate of drug-likeness (QED) is 0.467. The Bertz CT molecular complexity index is 825. The zero-order valence-electron chi connectivity index (χ0n) is 16.1. The highest BCUT2D eigenvalue weighted by Crippen LogP contribution is 2.37. The van der Waals surface area contributed by atoms with E-state index in [1.165, 1.54) is 0 Å². The number of carbonyl (C=O) groups is 2. The summed E-state index contributed by atoms with van der Waals surface area (Å²) >= 11 is 0. The van der Waals surface area contributed by atoms with E-state index in [1.54, 1.807) is 6.92 Å². The van der Waals surface area contributed by atoms with E-state index in [0.717, 1.165) is 35.1 Å². The Labute approximate surface area is 156 Å². The van der Waals surface area contributed by atoms with E-state index in [-0.39, 0.29) is 5.78 Å². The average molecular weight is 369 g/mol. The summed E-state index contributed by atoms with van der Waals surface area (Å²) in [4.78, 5) is 26.0. The van der Waals surface area contributed by atoms with Crippen molar-refractivity contribution in [3.63, 3.8) is 0 Å². The molecule has 0 bridgehead atoms. The number of benzene rings is 2. The first-order valence-corrected chi connectivity index (χ1v) is 10.4. The second kappa shape index (κ2) is 8.51. The fraction of sp³-hybridized carbons (Fsp3) is 0.364. The molecular formula is C22H26O3P. The van der Waals surface area contributed by atoms with E-state index in [0.29, 0.717) is 11.1 Å². The molecule has 2 rings (SSSR count). The van der Waals surface area contributed by atoms with Crippen molar-refractivity contribution in [2.75, 3.05) is 0 Å². The Hall–Kier alpha value is -2.12. The van der Waals surface area contributed by atoms with E-state index in [4.69, 9.17) is 0 Å². The van der Waals surface area contributed by atoms with Gasteiger partial charge in [0.1, 0.15) is 0 Å². The van der Waals surface area contributed by atoms with Crippen LogP contribution in [0.5, 0.6) is 0 Å². The van der Waals surface area contributed by atoms with Crippen LogP contribution >= 0.6 is 7.80 Å². The van der Waals surface area contributed by atoms with Gasteiger partial charge in [-0.3, -0.25) is 14.2 Å². The maximum Gasteiger partial charge on any atom is 0.243 e. The van der Waals surface area contributed by atoms with Gasteiger partial charge in [0.25, 0.3) is 0 Å². The molecule has 1 radical (unpaired) electrons. The minimum atomic E-state index is -2.35. The predicted molar refractivity (Wildman–Crippen MR) is 107 cm³/mol. The highest BCUT2D eigenvalue weighted by Gasteiger charge is 2.31. The normalized spacial score (nSPS) is 12.6. The van der Waals surface area contributed by atoms with E-state index in [2.05, 4.69) is 0 Å². The molecule has 26 heavy (non-hydrogen) atoms. The third kappa shape index (κ3) is 3.83. The van der Waals surface area contributed by atoms with E-state index in [1.807, 2.05) is 64.1 Å². The SMILES string of the molecule is CCc1cccc(CC)c1C(=O)C(C)[P](=O)C(=O)c1c(C)cccc1C. The van der Waals surface area contributed by atoms with Gasteiger partial charge in [0.15, 0.2) is 13.6 Å². The lowest BCUT2D eigenvalue weighted by atomic mass is 9.93. The number of aryl methyl sites for hydroxylation is 4. The summed E-state index contributed by atoms with van der Waals surface area (Å²) in [5, 5.41) is 0. The first-order chi connectivity index (χ1) is 12.3. The summed E-state index contributed by atoms with van der Waals surface area (Å²) in [5.74, 6) is -0.194. The van der Waals surface area contributed by atoms with Crippen LogP contribution in [0.2, 0.25) is 0 Å². The van der Waals surface area contributed by atoms with Gasteiger partial charge in [0.2, 0.25) is 5.52 Å². The topological polar surface area (TPSA) is 51.2 Å². The molecule has 0 aromatic heterocycles. The van der Waals surface area contributed by atoms with Crippen molar-refractivity contribution in [3.8, 4) is 0 Å². The van der Waals surface area contributed by atoms with Crippen molar-refractivity contribution in [2.24, 2.45) is 0 Å². The number of ketones is 1. The van der Waals surface area contributed by atoms with Gasteiger partial charge in [0.05, 0.1) is 5.66 Å². The third-order valence-corrected chi connectivity index (χ3v) is 6.43. The standard InChI is InChI=1S/C22H26O3P/c1-6-17-12-9-13-18(7-2)20(17)21(23)16(5)26(25)22(24)19-14(3)10-8-11-15(19)4/h8-13,16H,6-7H2,1-5H3.